The van der Waals surface area contributed by atoms with E-state index >= 15 is 0 Å². The van der Waals surface area contributed by atoms with Crippen LogP contribution >= 0.6 is 11.6 Å². The first-order valence-electron chi connectivity index (χ1n) is 7.35. The first-order chi connectivity index (χ1) is 10.3. The molecule has 1 rings (SSSR count). The molecule has 0 amide bonds. The maximum Gasteiger partial charge on any atom is 0.0701 e. The average Bonchev–Trinajstić information content (AvgIpc) is 2.50. The molecule has 0 aliphatic heterocycles. The highest BCUT2D eigenvalue weighted by Gasteiger charge is 2.10. The van der Waals surface area contributed by atoms with Gasteiger partial charge in [0.1, 0.15) is 0 Å². The summed E-state index contributed by atoms with van der Waals surface area (Å²) in [5.41, 5.74) is 6.98. The van der Waals surface area contributed by atoms with Gasteiger partial charge in [-0.1, -0.05) is 29.8 Å². The Morgan fingerprint density at radius 2 is 1.71 bits per heavy atom. The summed E-state index contributed by atoms with van der Waals surface area (Å²) in [6, 6.07) is 7.91. The standard InChI is InChI=1S/C16H26ClNO3/c1-19-8-9-21-11-10-20-7-6-14(13-18)12-15-4-2-3-5-16(15)17/h2-5,14H,6-13,18H2,1H3. The van der Waals surface area contributed by atoms with Gasteiger partial charge in [0.25, 0.3) is 0 Å². The zero-order valence-electron chi connectivity index (χ0n) is 12.7. The molecule has 0 radical (unpaired) electrons. The third kappa shape index (κ3) is 8.39. The van der Waals surface area contributed by atoms with Gasteiger partial charge in [0.2, 0.25) is 0 Å². The van der Waals surface area contributed by atoms with Gasteiger partial charge in [0.15, 0.2) is 0 Å². The van der Waals surface area contributed by atoms with Crippen LogP contribution in [-0.4, -0.2) is 46.7 Å². The zero-order valence-corrected chi connectivity index (χ0v) is 13.5. The molecule has 0 bridgehead atoms. The van der Waals surface area contributed by atoms with Crippen molar-refractivity contribution in [1.29, 1.82) is 0 Å². The predicted molar refractivity (Wildman–Crippen MR) is 85.8 cm³/mol. The molecule has 0 aromatic heterocycles. The molecule has 0 saturated heterocycles. The molecule has 0 aliphatic carbocycles. The fraction of sp³-hybridized carbons (Fsp3) is 0.625. The summed E-state index contributed by atoms with van der Waals surface area (Å²) in [7, 11) is 1.66. The first-order valence-corrected chi connectivity index (χ1v) is 7.73. The lowest BCUT2D eigenvalue weighted by Crippen LogP contribution is -2.19. The van der Waals surface area contributed by atoms with Crippen molar-refractivity contribution in [3.8, 4) is 0 Å². The maximum absolute atomic E-state index is 6.17. The Morgan fingerprint density at radius 3 is 2.38 bits per heavy atom. The quantitative estimate of drug-likeness (QED) is 0.602. The van der Waals surface area contributed by atoms with Crippen molar-refractivity contribution in [2.75, 3.05) is 46.7 Å². The Morgan fingerprint density at radius 1 is 1.05 bits per heavy atom. The van der Waals surface area contributed by atoms with E-state index in [2.05, 4.69) is 6.07 Å². The van der Waals surface area contributed by atoms with Crippen molar-refractivity contribution in [2.45, 2.75) is 12.8 Å². The van der Waals surface area contributed by atoms with Crippen LogP contribution in [0.3, 0.4) is 0 Å². The van der Waals surface area contributed by atoms with Gasteiger partial charge in [-0.15, -0.1) is 0 Å². The van der Waals surface area contributed by atoms with Gasteiger partial charge >= 0.3 is 0 Å². The summed E-state index contributed by atoms with van der Waals surface area (Å²) in [6.45, 7) is 3.76. The summed E-state index contributed by atoms with van der Waals surface area (Å²) in [5, 5.41) is 0.809. The lowest BCUT2D eigenvalue weighted by atomic mass is 9.96. The number of methoxy groups -OCH3 is 1. The molecule has 2 N–H and O–H groups in total. The normalized spacial score (nSPS) is 12.5. The second kappa shape index (κ2) is 12.0. The van der Waals surface area contributed by atoms with Gasteiger partial charge in [-0.2, -0.15) is 0 Å². The molecule has 1 aromatic rings. The van der Waals surface area contributed by atoms with E-state index < -0.39 is 0 Å². The lowest BCUT2D eigenvalue weighted by molar-refractivity contribution is 0.0220. The Hall–Kier alpha value is -0.650. The van der Waals surface area contributed by atoms with Crippen LogP contribution in [0.5, 0.6) is 0 Å². The molecule has 1 aromatic carbocycles. The van der Waals surface area contributed by atoms with E-state index in [0.29, 0.717) is 45.5 Å². The molecule has 0 spiro atoms. The van der Waals surface area contributed by atoms with Gasteiger partial charge in [-0.05, 0) is 36.9 Å². The van der Waals surface area contributed by atoms with Crippen LogP contribution in [0, 0.1) is 5.92 Å². The highest BCUT2D eigenvalue weighted by atomic mass is 35.5. The van der Waals surface area contributed by atoms with E-state index in [1.54, 1.807) is 7.11 Å². The molecule has 5 heteroatoms. The Balaban J connectivity index is 2.13. The average molecular weight is 316 g/mol. The predicted octanol–water partition coefficient (Wildman–Crippen LogP) is 2.53. The second-order valence-electron chi connectivity index (χ2n) is 4.90. The number of halogens is 1. The number of ether oxygens (including phenoxy) is 3. The van der Waals surface area contributed by atoms with Crippen molar-refractivity contribution in [2.24, 2.45) is 11.7 Å². The van der Waals surface area contributed by atoms with Crippen molar-refractivity contribution in [1.82, 2.24) is 0 Å². The summed E-state index contributed by atoms with van der Waals surface area (Å²) >= 11 is 6.17. The van der Waals surface area contributed by atoms with Crippen molar-refractivity contribution in [3.05, 3.63) is 34.9 Å². The van der Waals surface area contributed by atoms with E-state index in [4.69, 9.17) is 31.5 Å². The smallest absolute Gasteiger partial charge is 0.0701 e. The van der Waals surface area contributed by atoms with Gasteiger partial charge in [0.05, 0.1) is 26.4 Å². The summed E-state index contributed by atoms with van der Waals surface area (Å²) in [6.07, 6.45) is 1.82. The Bertz CT molecular complexity index is 376. The SMILES string of the molecule is COCCOCCOCCC(CN)Cc1ccccc1Cl. The molecule has 0 fully saturated rings. The van der Waals surface area contributed by atoms with Gasteiger partial charge in [-0.25, -0.2) is 0 Å². The minimum absolute atomic E-state index is 0.388. The molecular weight excluding hydrogens is 290 g/mol. The summed E-state index contributed by atoms with van der Waals surface area (Å²) < 4.78 is 15.8. The molecule has 4 nitrogen and oxygen atoms in total. The van der Waals surface area contributed by atoms with E-state index in [-0.39, 0.29) is 0 Å². The third-order valence-electron chi connectivity index (χ3n) is 3.27. The molecule has 1 unspecified atom stereocenters. The Labute approximate surface area is 132 Å². The number of hydrogen-bond donors (Lipinski definition) is 1. The first kappa shape index (κ1) is 18.4. The summed E-state index contributed by atoms with van der Waals surface area (Å²) in [4.78, 5) is 0. The number of nitrogens with two attached hydrogens (primary N) is 1. The second-order valence-corrected chi connectivity index (χ2v) is 5.31. The van der Waals surface area contributed by atoms with Crippen LogP contribution < -0.4 is 5.73 Å². The molecule has 0 aliphatic rings. The molecule has 0 heterocycles. The molecule has 120 valence electrons. The fourth-order valence-electron chi connectivity index (χ4n) is 1.99. The van der Waals surface area contributed by atoms with Crippen LogP contribution in [0.2, 0.25) is 5.02 Å². The van der Waals surface area contributed by atoms with E-state index in [1.165, 1.54) is 0 Å². The van der Waals surface area contributed by atoms with Crippen LogP contribution in [0.15, 0.2) is 24.3 Å². The van der Waals surface area contributed by atoms with E-state index in [1.807, 2.05) is 18.2 Å². The van der Waals surface area contributed by atoms with Crippen molar-refractivity contribution in [3.63, 3.8) is 0 Å². The minimum Gasteiger partial charge on any atom is -0.382 e. The van der Waals surface area contributed by atoms with Crippen LogP contribution in [0.25, 0.3) is 0 Å². The van der Waals surface area contributed by atoms with Crippen molar-refractivity contribution >= 4 is 11.6 Å². The zero-order chi connectivity index (χ0) is 15.3. The molecule has 1 atom stereocenters. The largest absolute Gasteiger partial charge is 0.382 e. The van der Waals surface area contributed by atoms with Crippen LogP contribution in [0.4, 0.5) is 0 Å². The number of hydrogen-bond acceptors (Lipinski definition) is 4. The van der Waals surface area contributed by atoms with Gasteiger partial charge in [-0.3, -0.25) is 0 Å². The third-order valence-corrected chi connectivity index (χ3v) is 3.64. The van der Waals surface area contributed by atoms with E-state index in [0.717, 1.165) is 23.4 Å². The lowest BCUT2D eigenvalue weighted by Gasteiger charge is -2.15. The molecule has 0 saturated carbocycles. The van der Waals surface area contributed by atoms with Crippen LogP contribution in [0.1, 0.15) is 12.0 Å². The molecule has 21 heavy (non-hydrogen) atoms. The number of rotatable bonds is 12. The monoisotopic (exact) mass is 315 g/mol. The van der Waals surface area contributed by atoms with Gasteiger partial charge < -0.3 is 19.9 Å². The fourth-order valence-corrected chi connectivity index (χ4v) is 2.21. The highest BCUT2D eigenvalue weighted by molar-refractivity contribution is 6.31. The minimum atomic E-state index is 0.388. The Kier molecular flexibility index (Phi) is 10.5. The maximum atomic E-state index is 6.17. The number of benzene rings is 1. The highest BCUT2D eigenvalue weighted by Crippen LogP contribution is 2.19. The topological polar surface area (TPSA) is 53.7 Å². The van der Waals surface area contributed by atoms with Crippen LogP contribution in [-0.2, 0) is 20.6 Å². The molecular formula is C16H26ClNO3. The van der Waals surface area contributed by atoms with E-state index in [9.17, 15) is 0 Å². The summed E-state index contributed by atoms with van der Waals surface area (Å²) in [5.74, 6) is 0.388. The van der Waals surface area contributed by atoms with Gasteiger partial charge in [0, 0.05) is 18.7 Å². The van der Waals surface area contributed by atoms with Crippen molar-refractivity contribution < 1.29 is 14.2 Å².